The SMILES string of the molecule is CCCNc1cc(S(=O)(=O)NCCC(F)(F)F)ccn1. The van der Waals surface area contributed by atoms with Crippen LogP contribution in [0.1, 0.15) is 19.8 Å². The lowest BCUT2D eigenvalue weighted by Crippen LogP contribution is -2.28. The number of sulfonamides is 1. The summed E-state index contributed by atoms with van der Waals surface area (Å²) in [7, 11) is -3.96. The Morgan fingerprint density at radius 1 is 1.30 bits per heavy atom. The van der Waals surface area contributed by atoms with Crippen LogP contribution in [0.25, 0.3) is 0 Å². The van der Waals surface area contributed by atoms with Crippen LogP contribution in [0.2, 0.25) is 0 Å². The number of alkyl halides is 3. The molecule has 1 aromatic heterocycles. The average Bonchev–Trinajstić information content (AvgIpc) is 2.35. The van der Waals surface area contributed by atoms with E-state index in [4.69, 9.17) is 0 Å². The Hall–Kier alpha value is -1.35. The summed E-state index contributed by atoms with van der Waals surface area (Å²) in [5.74, 6) is 0.366. The lowest BCUT2D eigenvalue weighted by Gasteiger charge is -2.10. The predicted molar refractivity (Wildman–Crippen MR) is 68.9 cm³/mol. The smallest absolute Gasteiger partial charge is 0.370 e. The second kappa shape index (κ2) is 6.89. The molecule has 0 aliphatic carbocycles. The molecule has 0 spiro atoms. The van der Waals surface area contributed by atoms with Crippen LogP contribution >= 0.6 is 0 Å². The van der Waals surface area contributed by atoms with Crippen molar-refractivity contribution in [3.05, 3.63) is 18.3 Å². The molecule has 114 valence electrons. The molecule has 0 atom stereocenters. The van der Waals surface area contributed by atoms with Gasteiger partial charge in [0.25, 0.3) is 0 Å². The van der Waals surface area contributed by atoms with Crippen LogP contribution in [-0.2, 0) is 10.0 Å². The minimum atomic E-state index is -4.39. The van der Waals surface area contributed by atoms with Crippen molar-refractivity contribution < 1.29 is 21.6 Å². The van der Waals surface area contributed by atoms with E-state index in [0.717, 1.165) is 6.42 Å². The van der Waals surface area contributed by atoms with Crippen molar-refractivity contribution in [2.45, 2.75) is 30.8 Å². The van der Waals surface area contributed by atoms with Gasteiger partial charge in [-0.1, -0.05) is 6.92 Å². The zero-order valence-electron chi connectivity index (χ0n) is 10.9. The molecule has 0 aliphatic rings. The molecule has 0 aliphatic heterocycles. The van der Waals surface area contributed by atoms with E-state index in [1.54, 1.807) is 0 Å². The highest BCUT2D eigenvalue weighted by atomic mass is 32.2. The second-order valence-electron chi connectivity index (χ2n) is 4.07. The van der Waals surface area contributed by atoms with Crippen molar-refractivity contribution in [2.24, 2.45) is 0 Å². The van der Waals surface area contributed by atoms with E-state index in [-0.39, 0.29) is 4.90 Å². The van der Waals surface area contributed by atoms with Crippen LogP contribution in [0, 0.1) is 0 Å². The molecule has 1 heterocycles. The Balaban J connectivity index is 2.72. The zero-order chi connectivity index (χ0) is 15.2. The normalized spacial score (nSPS) is 12.4. The van der Waals surface area contributed by atoms with Crippen molar-refractivity contribution in [1.29, 1.82) is 0 Å². The van der Waals surface area contributed by atoms with Gasteiger partial charge in [0.05, 0.1) is 11.3 Å². The van der Waals surface area contributed by atoms with Crippen molar-refractivity contribution in [3.63, 3.8) is 0 Å². The molecular weight excluding hydrogens is 295 g/mol. The Labute approximate surface area is 115 Å². The molecule has 1 rings (SSSR count). The summed E-state index contributed by atoms with van der Waals surface area (Å²) in [4.78, 5) is 3.81. The van der Waals surface area contributed by atoms with Gasteiger partial charge in [-0.05, 0) is 12.5 Å². The topological polar surface area (TPSA) is 71.1 Å². The van der Waals surface area contributed by atoms with Gasteiger partial charge in [-0.3, -0.25) is 0 Å². The third kappa shape index (κ3) is 5.74. The molecule has 0 radical (unpaired) electrons. The first-order chi connectivity index (χ1) is 9.24. The van der Waals surface area contributed by atoms with Crippen LogP contribution in [0.4, 0.5) is 19.0 Å². The summed E-state index contributed by atoms with van der Waals surface area (Å²) < 4.78 is 61.5. The van der Waals surface area contributed by atoms with Crippen LogP contribution in [-0.4, -0.2) is 32.7 Å². The molecule has 0 fully saturated rings. The zero-order valence-corrected chi connectivity index (χ0v) is 11.7. The van der Waals surface area contributed by atoms with Crippen molar-refractivity contribution in [2.75, 3.05) is 18.4 Å². The van der Waals surface area contributed by atoms with Gasteiger partial charge in [0.15, 0.2) is 0 Å². The maximum atomic E-state index is 12.0. The molecular formula is C11H16F3N3O2S. The monoisotopic (exact) mass is 311 g/mol. The highest BCUT2D eigenvalue weighted by molar-refractivity contribution is 7.89. The molecule has 1 aromatic rings. The number of aromatic nitrogens is 1. The van der Waals surface area contributed by atoms with E-state index in [2.05, 4.69) is 10.3 Å². The van der Waals surface area contributed by atoms with Crippen LogP contribution in [0.3, 0.4) is 0 Å². The number of hydrogen-bond donors (Lipinski definition) is 2. The van der Waals surface area contributed by atoms with E-state index >= 15 is 0 Å². The van der Waals surface area contributed by atoms with Gasteiger partial charge in [-0.25, -0.2) is 18.1 Å². The standard InChI is InChI=1S/C11H16F3N3O2S/c1-2-5-15-10-8-9(3-6-16-10)20(18,19)17-7-4-11(12,13)14/h3,6,8,17H,2,4-5,7H2,1H3,(H,15,16). The van der Waals surface area contributed by atoms with E-state index in [0.29, 0.717) is 12.4 Å². The number of anilines is 1. The fourth-order valence-corrected chi connectivity index (χ4v) is 2.38. The molecule has 0 aromatic carbocycles. The van der Waals surface area contributed by atoms with Crippen molar-refractivity contribution in [1.82, 2.24) is 9.71 Å². The minimum absolute atomic E-state index is 0.117. The summed E-state index contributed by atoms with van der Waals surface area (Å²) in [6, 6.07) is 2.51. The van der Waals surface area contributed by atoms with Crippen LogP contribution < -0.4 is 10.0 Å². The molecule has 0 saturated carbocycles. The van der Waals surface area contributed by atoms with Gasteiger partial charge >= 0.3 is 6.18 Å². The Kier molecular flexibility index (Phi) is 5.75. The highest BCUT2D eigenvalue weighted by Gasteiger charge is 2.27. The molecule has 9 heteroatoms. The maximum absolute atomic E-state index is 12.0. The minimum Gasteiger partial charge on any atom is -0.370 e. The number of pyridine rings is 1. The molecule has 0 amide bonds. The van der Waals surface area contributed by atoms with Crippen LogP contribution in [0.5, 0.6) is 0 Å². The van der Waals surface area contributed by atoms with Gasteiger partial charge in [-0.2, -0.15) is 13.2 Å². The predicted octanol–water partition coefficient (Wildman–Crippen LogP) is 2.13. The first-order valence-electron chi connectivity index (χ1n) is 6.01. The molecule has 2 N–H and O–H groups in total. The van der Waals surface area contributed by atoms with Crippen molar-refractivity contribution >= 4 is 15.8 Å². The molecule has 0 saturated heterocycles. The second-order valence-corrected chi connectivity index (χ2v) is 5.83. The lowest BCUT2D eigenvalue weighted by molar-refractivity contribution is -0.132. The maximum Gasteiger partial charge on any atom is 0.390 e. The van der Waals surface area contributed by atoms with Gasteiger partial charge in [0.2, 0.25) is 10.0 Å². The average molecular weight is 311 g/mol. The first kappa shape index (κ1) is 16.7. The fourth-order valence-electron chi connectivity index (χ4n) is 1.34. The summed E-state index contributed by atoms with van der Waals surface area (Å²) in [5, 5.41) is 2.90. The Morgan fingerprint density at radius 3 is 2.60 bits per heavy atom. The lowest BCUT2D eigenvalue weighted by atomic mass is 10.4. The number of rotatable bonds is 7. The Morgan fingerprint density at radius 2 is 2.00 bits per heavy atom. The Bertz CT molecular complexity index is 532. The molecule has 20 heavy (non-hydrogen) atoms. The number of halogens is 3. The first-order valence-corrected chi connectivity index (χ1v) is 7.49. The third-order valence-corrected chi connectivity index (χ3v) is 3.76. The van der Waals surface area contributed by atoms with Gasteiger partial charge in [-0.15, -0.1) is 0 Å². The van der Waals surface area contributed by atoms with Crippen molar-refractivity contribution in [3.8, 4) is 0 Å². The number of nitrogens with zero attached hydrogens (tertiary/aromatic N) is 1. The van der Waals surface area contributed by atoms with E-state index < -0.39 is 29.2 Å². The van der Waals surface area contributed by atoms with Gasteiger partial charge in [0, 0.05) is 25.4 Å². The van der Waals surface area contributed by atoms with E-state index in [9.17, 15) is 21.6 Å². The van der Waals surface area contributed by atoms with Gasteiger partial charge < -0.3 is 5.32 Å². The van der Waals surface area contributed by atoms with E-state index in [1.165, 1.54) is 18.3 Å². The highest BCUT2D eigenvalue weighted by Crippen LogP contribution is 2.19. The largest absolute Gasteiger partial charge is 0.390 e. The fraction of sp³-hybridized carbons (Fsp3) is 0.545. The van der Waals surface area contributed by atoms with Gasteiger partial charge in [0.1, 0.15) is 5.82 Å². The summed E-state index contributed by atoms with van der Waals surface area (Å²) in [6.07, 6.45) is -3.48. The van der Waals surface area contributed by atoms with Crippen LogP contribution in [0.15, 0.2) is 23.2 Å². The third-order valence-electron chi connectivity index (χ3n) is 2.30. The summed E-state index contributed by atoms with van der Waals surface area (Å²) in [6.45, 7) is 1.87. The number of nitrogens with one attached hydrogen (secondary N) is 2. The molecule has 0 bridgehead atoms. The summed E-state index contributed by atoms with van der Waals surface area (Å²) >= 11 is 0. The quantitative estimate of drug-likeness (QED) is 0.809. The number of hydrogen-bond acceptors (Lipinski definition) is 4. The van der Waals surface area contributed by atoms with E-state index in [1.807, 2.05) is 11.6 Å². The molecule has 0 unspecified atom stereocenters. The summed E-state index contributed by atoms with van der Waals surface area (Å²) in [5.41, 5.74) is 0. The molecule has 5 nitrogen and oxygen atoms in total.